The van der Waals surface area contributed by atoms with E-state index in [4.69, 9.17) is 14.7 Å². The fourth-order valence-corrected chi connectivity index (χ4v) is 3.53. The van der Waals surface area contributed by atoms with Gasteiger partial charge in [-0.1, -0.05) is 12.1 Å². The Morgan fingerprint density at radius 3 is 2.44 bits per heavy atom. The van der Waals surface area contributed by atoms with E-state index in [1.54, 1.807) is 18.6 Å². The molecule has 140 valence electrons. The minimum Gasteiger partial charge on any atom is -0.372 e. The lowest BCUT2D eigenvalue weighted by molar-refractivity contribution is -0.00542. The van der Waals surface area contributed by atoms with Crippen molar-refractivity contribution in [3.8, 4) is 0 Å². The Labute approximate surface area is 159 Å². The van der Waals surface area contributed by atoms with Crippen molar-refractivity contribution < 1.29 is 4.74 Å². The van der Waals surface area contributed by atoms with E-state index in [0.717, 1.165) is 41.5 Å². The molecule has 0 amide bonds. The molecule has 2 aromatic heterocycles. The fourth-order valence-electron chi connectivity index (χ4n) is 3.53. The van der Waals surface area contributed by atoms with Crippen LogP contribution in [0.25, 0.3) is 11.0 Å². The Balaban J connectivity index is 1.75. The number of ether oxygens (including phenoxy) is 1. The third kappa shape index (κ3) is 3.83. The Hall–Kier alpha value is -2.80. The molecule has 3 aromatic rings. The van der Waals surface area contributed by atoms with Crippen LogP contribution in [-0.4, -0.2) is 52.3 Å². The molecule has 0 saturated carbocycles. The van der Waals surface area contributed by atoms with Crippen LogP contribution in [0.5, 0.6) is 0 Å². The predicted octanol–water partition coefficient (Wildman–Crippen LogP) is 2.67. The van der Waals surface area contributed by atoms with Crippen LogP contribution in [0.4, 0.5) is 11.6 Å². The van der Waals surface area contributed by atoms with Crippen LogP contribution in [0.15, 0.2) is 42.9 Å². The van der Waals surface area contributed by atoms with Gasteiger partial charge in [0.15, 0.2) is 11.6 Å². The van der Waals surface area contributed by atoms with Crippen LogP contribution >= 0.6 is 0 Å². The summed E-state index contributed by atoms with van der Waals surface area (Å²) in [6, 6.07) is 7.98. The highest BCUT2D eigenvalue weighted by atomic mass is 16.5. The highest BCUT2D eigenvalue weighted by Gasteiger charge is 2.27. The second-order valence-electron chi connectivity index (χ2n) is 7.07. The summed E-state index contributed by atoms with van der Waals surface area (Å²) in [4.78, 5) is 22.8. The summed E-state index contributed by atoms with van der Waals surface area (Å²) in [5.41, 5.74) is 2.68. The first-order valence-corrected chi connectivity index (χ1v) is 9.23. The van der Waals surface area contributed by atoms with Gasteiger partial charge in [0, 0.05) is 32.5 Å². The molecule has 27 heavy (non-hydrogen) atoms. The van der Waals surface area contributed by atoms with Crippen LogP contribution in [-0.2, 0) is 11.3 Å². The lowest BCUT2D eigenvalue weighted by Gasteiger charge is -2.37. The quantitative estimate of drug-likeness (QED) is 0.705. The second-order valence-corrected chi connectivity index (χ2v) is 7.07. The number of fused-ring (bicyclic) bond motifs is 1. The van der Waals surface area contributed by atoms with E-state index < -0.39 is 0 Å². The van der Waals surface area contributed by atoms with Gasteiger partial charge >= 0.3 is 0 Å². The summed E-state index contributed by atoms with van der Waals surface area (Å²) in [5.74, 6) is 1.74. The minimum atomic E-state index is 0.153. The molecule has 0 spiro atoms. The minimum absolute atomic E-state index is 0.153. The molecule has 2 unspecified atom stereocenters. The normalized spacial score (nSPS) is 20.0. The summed E-state index contributed by atoms with van der Waals surface area (Å²) in [6.45, 7) is 6.40. The van der Waals surface area contributed by atoms with Crippen LogP contribution in [0.1, 0.15) is 19.5 Å². The molecule has 0 radical (unpaired) electrons. The smallest absolute Gasteiger partial charge is 0.172 e. The van der Waals surface area contributed by atoms with E-state index in [0.29, 0.717) is 6.54 Å². The van der Waals surface area contributed by atoms with E-state index in [9.17, 15) is 0 Å². The highest BCUT2D eigenvalue weighted by molar-refractivity contribution is 5.80. The Morgan fingerprint density at radius 2 is 1.78 bits per heavy atom. The number of morpholine rings is 1. The molecular formula is C20H24N6O. The summed E-state index contributed by atoms with van der Waals surface area (Å²) in [6.07, 6.45) is 5.48. The molecule has 7 heteroatoms. The van der Waals surface area contributed by atoms with Crippen molar-refractivity contribution in [3.63, 3.8) is 0 Å². The zero-order valence-corrected chi connectivity index (χ0v) is 15.9. The predicted molar refractivity (Wildman–Crippen MR) is 106 cm³/mol. The van der Waals surface area contributed by atoms with E-state index in [-0.39, 0.29) is 12.2 Å². The van der Waals surface area contributed by atoms with Gasteiger partial charge in [0.1, 0.15) is 0 Å². The van der Waals surface area contributed by atoms with Gasteiger partial charge in [0.05, 0.1) is 41.7 Å². The zero-order chi connectivity index (χ0) is 18.8. The van der Waals surface area contributed by atoms with Crippen LogP contribution < -0.4 is 9.80 Å². The number of nitrogens with zero attached hydrogens (tertiary/aromatic N) is 6. The van der Waals surface area contributed by atoms with E-state index >= 15 is 0 Å². The summed E-state index contributed by atoms with van der Waals surface area (Å²) in [7, 11) is 2.02. The molecule has 4 rings (SSSR count). The molecule has 3 heterocycles. The molecule has 1 fully saturated rings. The van der Waals surface area contributed by atoms with E-state index in [1.165, 1.54) is 0 Å². The van der Waals surface area contributed by atoms with Crippen molar-refractivity contribution in [1.82, 2.24) is 19.9 Å². The maximum absolute atomic E-state index is 5.90. The number of benzene rings is 1. The van der Waals surface area contributed by atoms with Gasteiger partial charge in [0.25, 0.3) is 0 Å². The van der Waals surface area contributed by atoms with Gasteiger partial charge < -0.3 is 14.5 Å². The van der Waals surface area contributed by atoms with E-state index in [1.807, 2.05) is 31.3 Å². The fraction of sp³-hybridized carbons (Fsp3) is 0.400. The molecule has 1 saturated heterocycles. The first-order valence-electron chi connectivity index (χ1n) is 9.23. The van der Waals surface area contributed by atoms with Crippen molar-refractivity contribution in [2.75, 3.05) is 29.9 Å². The maximum Gasteiger partial charge on any atom is 0.172 e. The van der Waals surface area contributed by atoms with Gasteiger partial charge in [-0.3, -0.25) is 9.97 Å². The summed E-state index contributed by atoms with van der Waals surface area (Å²) >= 11 is 0. The van der Waals surface area contributed by atoms with Crippen LogP contribution in [0.3, 0.4) is 0 Å². The molecule has 1 aliphatic rings. The standard InChI is InChI=1S/C20H24N6O/c1-14-11-26(12-15(2)27-14)20-19(23-17-6-4-5-7-18(17)24-20)25(3)13-16-10-21-8-9-22-16/h4-10,14-15H,11-13H2,1-3H3. The summed E-state index contributed by atoms with van der Waals surface area (Å²) < 4.78 is 5.90. The van der Waals surface area contributed by atoms with Gasteiger partial charge in [-0.2, -0.15) is 0 Å². The first-order chi connectivity index (χ1) is 13.1. The SMILES string of the molecule is CC1CN(c2nc3ccccc3nc2N(C)Cc2cnccn2)CC(C)O1. The van der Waals surface area contributed by atoms with Crippen molar-refractivity contribution in [2.45, 2.75) is 32.6 Å². The number of para-hydroxylation sites is 2. The van der Waals surface area contributed by atoms with Crippen molar-refractivity contribution in [1.29, 1.82) is 0 Å². The molecule has 7 nitrogen and oxygen atoms in total. The molecule has 1 aromatic carbocycles. The van der Waals surface area contributed by atoms with Crippen LogP contribution in [0, 0.1) is 0 Å². The summed E-state index contributed by atoms with van der Waals surface area (Å²) in [5, 5.41) is 0. The van der Waals surface area contributed by atoms with Crippen molar-refractivity contribution in [3.05, 3.63) is 48.5 Å². The molecule has 2 atom stereocenters. The number of hydrogen-bond acceptors (Lipinski definition) is 7. The van der Waals surface area contributed by atoms with Gasteiger partial charge in [0.2, 0.25) is 0 Å². The van der Waals surface area contributed by atoms with E-state index in [2.05, 4.69) is 33.6 Å². The van der Waals surface area contributed by atoms with Gasteiger partial charge in [-0.25, -0.2) is 9.97 Å². The molecule has 0 N–H and O–H groups in total. The third-order valence-corrected chi connectivity index (χ3v) is 4.63. The van der Waals surface area contributed by atoms with Crippen molar-refractivity contribution in [2.24, 2.45) is 0 Å². The Kier molecular flexibility index (Phi) is 4.85. The Morgan fingerprint density at radius 1 is 1.07 bits per heavy atom. The molecule has 0 bridgehead atoms. The van der Waals surface area contributed by atoms with Gasteiger partial charge in [-0.05, 0) is 26.0 Å². The highest BCUT2D eigenvalue weighted by Crippen LogP contribution is 2.30. The maximum atomic E-state index is 5.90. The zero-order valence-electron chi connectivity index (χ0n) is 15.9. The molecule has 0 aliphatic carbocycles. The number of aromatic nitrogens is 4. The third-order valence-electron chi connectivity index (χ3n) is 4.63. The van der Waals surface area contributed by atoms with Crippen LogP contribution in [0.2, 0.25) is 0 Å². The number of hydrogen-bond donors (Lipinski definition) is 0. The number of anilines is 2. The Bertz CT molecular complexity index is 909. The number of rotatable bonds is 4. The lowest BCUT2D eigenvalue weighted by Crippen LogP contribution is -2.46. The van der Waals surface area contributed by atoms with Gasteiger partial charge in [-0.15, -0.1) is 0 Å². The molecular weight excluding hydrogens is 340 g/mol. The lowest BCUT2D eigenvalue weighted by atomic mass is 10.2. The average molecular weight is 364 g/mol. The van der Waals surface area contributed by atoms with Crippen molar-refractivity contribution >= 4 is 22.7 Å². The second kappa shape index (κ2) is 7.44. The average Bonchev–Trinajstić information content (AvgIpc) is 2.67. The largest absolute Gasteiger partial charge is 0.372 e. The topological polar surface area (TPSA) is 67.3 Å². The monoisotopic (exact) mass is 364 g/mol. The molecule has 1 aliphatic heterocycles. The first kappa shape index (κ1) is 17.6.